The highest BCUT2D eigenvalue weighted by Gasteiger charge is 2.46. The Hall–Kier alpha value is -2.08. The van der Waals surface area contributed by atoms with Crippen molar-refractivity contribution in [1.29, 1.82) is 0 Å². The molecule has 0 bridgehead atoms. The lowest BCUT2D eigenvalue weighted by molar-refractivity contribution is -0.139. The van der Waals surface area contributed by atoms with Crippen molar-refractivity contribution < 1.29 is 19.4 Å². The summed E-state index contributed by atoms with van der Waals surface area (Å²) in [6.07, 6.45) is 1.33. The van der Waals surface area contributed by atoms with Crippen molar-refractivity contribution >= 4 is 17.6 Å². The predicted octanol–water partition coefficient (Wildman–Crippen LogP) is 0.580. The van der Waals surface area contributed by atoms with Crippen molar-refractivity contribution in [1.82, 2.24) is 0 Å². The van der Waals surface area contributed by atoms with Crippen LogP contribution in [-0.4, -0.2) is 29.1 Å². The Morgan fingerprint density at radius 3 is 2.67 bits per heavy atom. The Morgan fingerprint density at radius 2 is 2.06 bits per heavy atom. The molecule has 0 unspecified atom stereocenters. The molecule has 6 heteroatoms. The first-order valence-electron chi connectivity index (χ1n) is 5.55. The molecule has 18 heavy (non-hydrogen) atoms. The summed E-state index contributed by atoms with van der Waals surface area (Å²) in [7, 11) is 0. The molecule has 0 atom stereocenters. The van der Waals surface area contributed by atoms with Crippen LogP contribution in [0.1, 0.15) is 12.8 Å². The number of rotatable bonds is 5. The summed E-state index contributed by atoms with van der Waals surface area (Å²) in [6, 6.07) is 6.65. The van der Waals surface area contributed by atoms with Crippen LogP contribution in [-0.2, 0) is 9.59 Å². The smallest absolute Gasteiger partial charge is 0.341 e. The van der Waals surface area contributed by atoms with Crippen LogP contribution in [0.4, 0.5) is 5.69 Å². The normalized spacial score (nSPS) is 15.8. The highest BCUT2D eigenvalue weighted by Crippen LogP contribution is 2.34. The highest BCUT2D eigenvalue weighted by atomic mass is 16.5. The quantitative estimate of drug-likeness (QED) is 0.709. The Labute approximate surface area is 104 Å². The molecule has 1 saturated carbocycles. The van der Waals surface area contributed by atoms with Gasteiger partial charge in [0.1, 0.15) is 5.75 Å². The minimum atomic E-state index is -1.08. The van der Waals surface area contributed by atoms with Crippen LogP contribution >= 0.6 is 0 Å². The number of nitrogens with two attached hydrogens (primary N) is 1. The maximum atomic E-state index is 11.8. The number of hydrogen-bond acceptors (Lipinski definition) is 4. The number of nitrogens with one attached hydrogen (secondary N) is 1. The molecule has 1 aromatic rings. The maximum Gasteiger partial charge on any atom is 0.341 e. The predicted molar refractivity (Wildman–Crippen MR) is 64.4 cm³/mol. The highest BCUT2D eigenvalue weighted by molar-refractivity contribution is 6.01. The summed E-state index contributed by atoms with van der Waals surface area (Å²) in [6.45, 7) is -0.458. The first kappa shape index (κ1) is 12.4. The Morgan fingerprint density at radius 1 is 1.39 bits per heavy atom. The number of carboxylic acids is 1. The third kappa shape index (κ3) is 2.78. The molecule has 1 aliphatic rings. The van der Waals surface area contributed by atoms with Gasteiger partial charge in [-0.05, 0) is 25.0 Å². The molecule has 96 valence electrons. The van der Waals surface area contributed by atoms with E-state index in [1.807, 2.05) is 0 Å². The van der Waals surface area contributed by atoms with Gasteiger partial charge in [0.2, 0.25) is 5.91 Å². The average molecular weight is 250 g/mol. The first-order chi connectivity index (χ1) is 8.51. The fraction of sp³-hybridized carbons (Fsp3) is 0.333. The van der Waals surface area contributed by atoms with Gasteiger partial charge in [0.25, 0.3) is 0 Å². The lowest BCUT2D eigenvalue weighted by atomic mass is 10.2. The molecule has 0 spiro atoms. The van der Waals surface area contributed by atoms with Crippen LogP contribution in [0.5, 0.6) is 5.75 Å². The van der Waals surface area contributed by atoms with Crippen molar-refractivity contribution in [3.8, 4) is 5.75 Å². The second-order valence-electron chi connectivity index (χ2n) is 4.29. The van der Waals surface area contributed by atoms with E-state index in [-0.39, 0.29) is 5.91 Å². The number of benzene rings is 1. The molecule has 0 aromatic heterocycles. The number of carboxylic acid groups (broad SMARTS) is 1. The third-order valence-electron chi connectivity index (χ3n) is 2.73. The zero-order chi connectivity index (χ0) is 13.2. The van der Waals surface area contributed by atoms with Gasteiger partial charge in [0.05, 0.1) is 11.2 Å². The second kappa shape index (κ2) is 4.66. The van der Waals surface area contributed by atoms with E-state index in [9.17, 15) is 9.59 Å². The number of hydrogen-bond donors (Lipinski definition) is 3. The van der Waals surface area contributed by atoms with Crippen molar-refractivity contribution in [2.24, 2.45) is 5.73 Å². The minimum Gasteiger partial charge on any atom is -0.480 e. The van der Waals surface area contributed by atoms with Gasteiger partial charge in [-0.1, -0.05) is 12.1 Å². The van der Waals surface area contributed by atoms with E-state index in [0.29, 0.717) is 24.3 Å². The largest absolute Gasteiger partial charge is 0.480 e. The fourth-order valence-electron chi connectivity index (χ4n) is 1.44. The molecule has 0 aliphatic heterocycles. The fourth-order valence-corrected chi connectivity index (χ4v) is 1.44. The number of amides is 1. The monoisotopic (exact) mass is 250 g/mol. The zero-order valence-electron chi connectivity index (χ0n) is 9.68. The number of para-hydroxylation sites is 2. The lowest BCUT2D eigenvalue weighted by Gasteiger charge is -2.13. The van der Waals surface area contributed by atoms with Crippen LogP contribution in [0, 0.1) is 0 Å². The number of aliphatic carboxylic acids is 1. The van der Waals surface area contributed by atoms with E-state index >= 15 is 0 Å². The van der Waals surface area contributed by atoms with Gasteiger partial charge in [0, 0.05) is 0 Å². The molecule has 0 heterocycles. The van der Waals surface area contributed by atoms with Gasteiger partial charge in [0.15, 0.2) is 6.61 Å². The van der Waals surface area contributed by atoms with E-state index in [0.717, 1.165) is 0 Å². The Kier molecular flexibility index (Phi) is 3.20. The molecule has 1 aromatic carbocycles. The van der Waals surface area contributed by atoms with Crippen LogP contribution < -0.4 is 15.8 Å². The van der Waals surface area contributed by atoms with Crippen molar-refractivity contribution in [2.45, 2.75) is 18.4 Å². The summed E-state index contributed by atoms with van der Waals surface area (Å²) in [5.74, 6) is -1.03. The molecule has 1 aliphatic carbocycles. The Balaban J connectivity index is 2.07. The SMILES string of the molecule is NC1(C(=O)Nc2ccccc2OCC(=O)O)CC1. The molecular weight excluding hydrogens is 236 g/mol. The second-order valence-corrected chi connectivity index (χ2v) is 4.29. The lowest BCUT2D eigenvalue weighted by Crippen LogP contribution is -2.37. The van der Waals surface area contributed by atoms with E-state index in [1.54, 1.807) is 24.3 Å². The zero-order valence-corrected chi connectivity index (χ0v) is 9.68. The van der Waals surface area contributed by atoms with E-state index in [2.05, 4.69) is 5.32 Å². The van der Waals surface area contributed by atoms with Gasteiger partial charge in [-0.2, -0.15) is 0 Å². The number of carbonyl (C=O) groups is 2. The molecule has 6 nitrogen and oxygen atoms in total. The number of anilines is 1. The molecule has 0 saturated heterocycles. The summed E-state index contributed by atoms with van der Waals surface area (Å²) < 4.78 is 5.08. The molecule has 1 fully saturated rings. The standard InChI is InChI=1S/C12H14N2O4/c13-12(5-6-12)11(17)14-8-3-1-2-4-9(8)18-7-10(15)16/h1-4H,5-7,13H2,(H,14,17)(H,15,16). The number of carbonyl (C=O) groups excluding carboxylic acids is 1. The minimum absolute atomic E-state index is 0.270. The first-order valence-corrected chi connectivity index (χ1v) is 5.55. The van der Waals surface area contributed by atoms with Crippen LogP contribution in [0.3, 0.4) is 0 Å². The Bertz CT molecular complexity index is 483. The average Bonchev–Trinajstić information content (AvgIpc) is 3.07. The maximum absolute atomic E-state index is 11.8. The summed E-state index contributed by atoms with van der Waals surface area (Å²) in [4.78, 5) is 22.2. The van der Waals surface area contributed by atoms with Gasteiger partial charge >= 0.3 is 5.97 Å². The molecule has 1 amide bonds. The molecular formula is C12H14N2O4. The van der Waals surface area contributed by atoms with Crippen LogP contribution in [0.2, 0.25) is 0 Å². The summed E-state index contributed by atoms with van der Waals surface area (Å²) in [5, 5.41) is 11.2. The molecule has 2 rings (SSSR count). The van der Waals surface area contributed by atoms with E-state index in [4.69, 9.17) is 15.6 Å². The van der Waals surface area contributed by atoms with Gasteiger partial charge in [-0.25, -0.2) is 4.79 Å². The molecule has 4 N–H and O–H groups in total. The summed E-state index contributed by atoms with van der Waals surface area (Å²) in [5.41, 5.74) is 5.42. The third-order valence-corrected chi connectivity index (χ3v) is 2.73. The topological polar surface area (TPSA) is 102 Å². The van der Waals surface area contributed by atoms with Gasteiger partial charge in [-0.3, -0.25) is 4.79 Å². The van der Waals surface area contributed by atoms with E-state index in [1.165, 1.54) is 0 Å². The van der Waals surface area contributed by atoms with Crippen molar-refractivity contribution in [2.75, 3.05) is 11.9 Å². The molecule has 0 radical (unpaired) electrons. The van der Waals surface area contributed by atoms with Crippen molar-refractivity contribution in [3.63, 3.8) is 0 Å². The summed E-state index contributed by atoms with van der Waals surface area (Å²) >= 11 is 0. The van der Waals surface area contributed by atoms with Gasteiger partial charge < -0.3 is 20.9 Å². The van der Waals surface area contributed by atoms with Crippen molar-refractivity contribution in [3.05, 3.63) is 24.3 Å². The van der Waals surface area contributed by atoms with Crippen LogP contribution in [0.25, 0.3) is 0 Å². The van der Waals surface area contributed by atoms with Gasteiger partial charge in [-0.15, -0.1) is 0 Å². The number of ether oxygens (including phenoxy) is 1. The van der Waals surface area contributed by atoms with Crippen LogP contribution in [0.15, 0.2) is 24.3 Å². The van der Waals surface area contributed by atoms with E-state index < -0.39 is 18.1 Å².